The van der Waals surface area contributed by atoms with Gasteiger partial charge in [0.05, 0.1) is 27.5 Å². The number of para-hydroxylation sites is 1. The van der Waals surface area contributed by atoms with Crippen molar-refractivity contribution < 1.29 is 19.1 Å². The summed E-state index contributed by atoms with van der Waals surface area (Å²) in [7, 11) is 1.30. The molecule has 0 aliphatic heterocycles. The summed E-state index contributed by atoms with van der Waals surface area (Å²) in [6, 6.07) is 12.7. The number of nitrogens with one attached hydrogen (secondary N) is 1. The average Bonchev–Trinajstić information content (AvgIpc) is 3.29. The molecule has 4 aromatic rings. The van der Waals surface area contributed by atoms with Gasteiger partial charge in [-0.05, 0) is 30.3 Å². The Hall–Kier alpha value is -3.37. The van der Waals surface area contributed by atoms with E-state index in [1.165, 1.54) is 36.7 Å². The first-order valence-corrected chi connectivity index (χ1v) is 10.5. The summed E-state index contributed by atoms with van der Waals surface area (Å²) in [5.41, 5.74) is 2.06. The topological polar surface area (TPSA) is 103 Å². The summed E-state index contributed by atoms with van der Waals surface area (Å²) >= 11 is 2.51. The number of benzene rings is 2. The maximum atomic E-state index is 12.8. The number of hydrogen-bond donors (Lipinski definition) is 1. The SMILES string of the molecule is COC(=O)Cn1c(=NC(=O)c2nc3ccccc3s2)sc2cc(NC(C)=O)ccc21. The van der Waals surface area contributed by atoms with E-state index in [9.17, 15) is 14.4 Å². The van der Waals surface area contributed by atoms with Crippen LogP contribution in [0.3, 0.4) is 0 Å². The number of rotatable bonds is 4. The summed E-state index contributed by atoms with van der Waals surface area (Å²) < 4.78 is 8.07. The molecule has 0 fully saturated rings. The van der Waals surface area contributed by atoms with Gasteiger partial charge in [0.2, 0.25) is 5.91 Å². The molecule has 0 saturated carbocycles. The number of anilines is 1. The van der Waals surface area contributed by atoms with Crippen molar-refractivity contribution in [1.82, 2.24) is 9.55 Å². The fourth-order valence-electron chi connectivity index (χ4n) is 2.88. The van der Waals surface area contributed by atoms with Gasteiger partial charge in [-0.15, -0.1) is 11.3 Å². The first-order chi connectivity index (χ1) is 14.4. The molecule has 1 N–H and O–H groups in total. The lowest BCUT2D eigenvalue weighted by atomic mass is 10.3. The number of carbonyl (C=O) groups excluding carboxylic acids is 3. The molecule has 0 radical (unpaired) electrons. The van der Waals surface area contributed by atoms with Gasteiger partial charge in [-0.1, -0.05) is 23.5 Å². The summed E-state index contributed by atoms with van der Waals surface area (Å²) in [5.74, 6) is -1.14. The van der Waals surface area contributed by atoms with Crippen molar-refractivity contribution in [2.45, 2.75) is 13.5 Å². The van der Waals surface area contributed by atoms with E-state index in [1.807, 2.05) is 24.3 Å². The minimum absolute atomic E-state index is 0.0953. The predicted octanol–water partition coefficient (Wildman–Crippen LogP) is 3.19. The van der Waals surface area contributed by atoms with E-state index in [1.54, 1.807) is 22.8 Å². The number of thiazole rings is 2. The Morgan fingerprint density at radius 3 is 2.67 bits per heavy atom. The molecule has 0 atom stereocenters. The number of nitrogens with zero attached hydrogens (tertiary/aromatic N) is 3. The van der Waals surface area contributed by atoms with Gasteiger partial charge < -0.3 is 14.6 Å². The zero-order valence-electron chi connectivity index (χ0n) is 16.0. The van der Waals surface area contributed by atoms with Gasteiger partial charge in [0, 0.05) is 12.6 Å². The van der Waals surface area contributed by atoms with Crippen LogP contribution >= 0.6 is 22.7 Å². The predicted molar refractivity (Wildman–Crippen MR) is 116 cm³/mol. The van der Waals surface area contributed by atoms with Crippen LogP contribution in [0.4, 0.5) is 5.69 Å². The van der Waals surface area contributed by atoms with E-state index < -0.39 is 11.9 Å². The fraction of sp³-hybridized carbons (Fsp3) is 0.150. The molecule has 2 amide bonds. The second-order valence-electron chi connectivity index (χ2n) is 6.31. The maximum absolute atomic E-state index is 12.8. The Kier molecular flexibility index (Phi) is 5.42. The minimum atomic E-state index is -0.483. The molecule has 0 unspecified atom stereocenters. The zero-order valence-corrected chi connectivity index (χ0v) is 17.7. The Bertz CT molecular complexity index is 1330. The monoisotopic (exact) mass is 440 g/mol. The van der Waals surface area contributed by atoms with E-state index in [0.717, 1.165) is 14.9 Å². The summed E-state index contributed by atoms with van der Waals surface area (Å²) in [6.45, 7) is 1.33. The van der Waals surface area contributed by atoms with Crippen LogP contribution in [-0.2, 0) is 20.9 Å². The third-order valence-corrected chi connectivity index (χ3v) is 6.26. The Morgan fingerprint density at radius 2 is 1.93 bits per heavy atom. The fourth-order valence-corrected chi connectivity index (χ4v) is 4.80. The first kappa shape index (κ1) is 19.9. The number of hydrogen-bond acceptors (Lipinski definition) is 7. The number of aromatic nitrogens is 2. The first-order valence-electron chi connectivity index (χ1n) is 8.87. The van der Waals surface area contributed by atoms with E-state index >= 15 is 0 Å². The van der Waals surface area contributed by atoms with Crippen LogP contribution in [0.25, 0.3) is 20.4 Å². The highest BCUT2D eigenvalue weighted by molar-refractivity contribution is 7.20. The molecule has 8 nitrogen and oxygen atoms in total. The van der Waals surface area contributed by atoms with Gasteiger partial charge in [0.25, 0.3) is 0 Å². The van der Waals surface area contributed by atoms with Crippen LogP contribution in [0.1, 0.15) is 16.7 Å². The van der Waals surface area contributed by atoms with Gasteiger partial charge in [-0.2, -0.15) is 4.99 Å². The van der Waals surface area contributed by atoms with Crippen LogP contribution < -0.4 is 10.1 Å². The van der Waals surface area contributed by atoms with Crippen molar-refractivity contribution in [2.75, 3.05) is 12.4 Å². The lowest BCUT2D eigenvalue weighted by Crippen LogP contribution is -2.22. The smallest absolute Gasteiger partial charge is 0.325 e. The second-order valence-corrected chi connectivity index (χ2v) is 8.35. The number of methoxy groups -OCH3 is 1. The number of carbonyl (C=O) groups is 3. The summed E-state index contributed by atoms with van der Waals surface area (Å²) in [6.07, 6.45) is 0. The van der Waals surface area contributed by atoms with Crippen molar-refractivity contribution in [3.05, 3.63) is 52.3 Å². The molecule has 0 aliphatic carbocycles. The molecule has 10 heteroatoms. The number of amides is 2. The molecule has 0 spiro atoms. The number of fused-ring (bicyclic) bond motifs is 2. The van der Waals surface area contributed by atoms with Crippen LogP contribution in [-0.4, -0.2) is 34.4 Å². The van der Waals surface area contributed by atoms with Gasteiger partial charge in [-0.25, -0.2) is 4.98 Å². The van der Waals surface area contributed by atoms with Crippen molar-refractivity contribution in [2.24, 2.45) is 4.99 Å². The molecular formula is C20H16N4O4S2. The van der Waals surface area contributed by atoms with Crippen LogP contribution in [0, 0.1) is 0 Å². The van der Waals surface area contributed by atoms with E-state index in [-0.39, 0.29) is 17.5 Å². The molecule has 152 valence electrons. The summed E-state index contributed by atoms with van der Waals surface area (Å²) in [4.78, 5) is 45.0. The highest BCUT2D eigenvalue weighted by Crippen LogP contribution is 2.24. The quantitative estimate of drug-likeness (QED) is 0.491. The summed E-state index contributed by atoms with van der Waals surface area (Å²) in [5, 5.41) is 3.00. The molecule has 4 rings (SSSR count). The lowest BCUT2D eigenvalue weighted by Gasteiger charge is -2.05. The highest BCUT2D eigenvalue weighted by atomic mass is 32.1. The number of esters is 1. The minimum Gasteiger partial charge on any atom is -0.468 e. The molecule has 0 bridgehead atoms. The molecule has 2 aromatic carbocycles. The Labute approximate surface area is 178 Å². The third-order valence-electron chi connectivity index (χ3n) is 4.19. The van der Waals surface area contributed by atoms with Crippen molar-refractivity contribution >= 4 is 66.6 Å². The zero-order chi connectivity index (χ0) is 21.3. The second kappa shape index (κ2) is 8.17. The van der Waals surface area contributed by atoms with E-state index in [4.69, 9.17) is 4.74 Å². The maximum Gasteiger partial charge on any atom is 0.325 e. The largest absolute Gasteiger partial charge is 0.468 e. The molecule has 2 aromatic heterocycles. The van der Waals surface area contributed by atoms with Gasteiger partial charge in [0.1, 0.15) is 6.54 Å². The van der Waals surface area contributed by atoms with Crippen molar-refractivity contribution in [3.63, 3.8) is 0 Å². The van der Waals surface area contributed by atoms with Crippen LogP contribution in [0.5, 0.6) is 0 Å². The third kappa shape index (κ3) is 4.00. The van der Waals surface area contributed by atoms with Crippen LogP contribution in [0.15, 0.2) is 47.5 Å². The van der Waals surface area contributed by atoms with Crippen molar-refractivity contribution in [3.8, 4) is 0 Å². The van der Waals surface area contributed by atoms with Gasteiger partial charge in [0.15, 0.2) is 9.81 Å². The molecule has 0 saturated heterocycles. The van der Waals surface area contributed by atoms with Crippen LogP contribution in [0.2, 0.25) is 0 Å². The lowest BCUT2D eigenvalue weighted by molar-refractivity contribution is -0.141. The molecule has 2 heterocycles. The number of ether oxygens (including phenoxy) is 1. The normalized spacial score (nSPS) is 11.7. The highest BCUT2D eigenvalue weighted by Gasteiger charge is 2.15. The van der Waals surface area contributed by atoms with E-state index in [2.05, 4.69) is 15.3 Å². The Morgan fingerprint density at radius 1 is 1.13 bits per heavy atom. The molecule has 30 heavy (non-hydrogen) atoms. The van der Waals surface area contributed by atoms with Crippen molar-refractivity contribution in [1.29, 1.82) is 0 Å². The van der Waals surface area contributed by atoms with E-state index in [0.29, 0.717) is 16.0 Å². The van der Waals surface area contributed by atoms with Gasteiger partial charge >= 0.3 is 11.9 Å². The molecule has 0 aliphatic rings. The molecular weight excluding hydrogens is 424 g/mol. The average molecular weight is 441 g/mol. The standard InChI is InChI=1S/C20H16N4O4S2/c1-11(25)21-12-7-8-14-16(9-12)30-20(24(14)10-17(26)28-2)23-18(27)19-22-13-5-3-4-6-15(13)29-19/h3-9H,10H2,1-2H3,(H,21,25). The van der Waals surface area contributed by atoms with Gasteiger partial charge in [-0.3, -0.25) is 14.4 Å². The Balaban J connectivity index is 1.82.